The van der Waals surface area contributed by atoms with Gasteiger partial charge in [0.05, 0.1) is 6.54 Å². The van der Waals surface area contributed by atoms with Gasteiger partial charge in [-0.05, 0) is 37.8 Å². The van der Waals surface area contributed by atoms with Crippen molar-refractivity contribution in [1.29, 1.82) is 0 Å². The van der Waals surface area contributed by atoms with E-state index in [0.29, 0.717) is 55.8 Å². The minimum absolute atomic E-state index is 0.103. The summed E-state index contributed by atoms with van der Waals surface area (Å²) < 4.78 is 5.40. The zero-order chi connectivity index (χ0) is 20.8. The zero-order valence-electron chi connectivity index (χ0n) is 17.3. The predicted molar refractivity (Wildman–Crippen MR) is 108 cm³/mol. The standard InChI is InChI=1S/C21H29N5O3/c1-15(2)10-11-22-21(28)25-12-7-13-26(20(27)17-8-5-4-6-9-17)18(14-25)19-23-16(3)24-29-19/h4-6,8-9,15,18H,7,10-14H2,1-3H3,(H,22,28). The number of nitrogens with zero attached hydrogens (tertiary/aromatic N) is 4. The molecule has 0 bridgehead atoms. The molecule has 1 aromatic carbocycles. The number of hydrogen-bond acceptors (Lipinski definition) is 5. The van der Waals surface area contributed by atoms with Crippen LogP contribution in [0.3, 0.4) is 0 Å². The maximum atomic E-state index is 13.2. The van der Waals surface area contributed by atoms with E-state index < -0.39 is 6.04 Å². The smallest absolute Gasteiger partial charge is 0.317 e. The van der Waals surface area contributed by atoms with Crippen molar-refractivity contribution < 1.29 is 14.1 Å². The number of hydrogen-bond donors (Lipinski definition) is 1. The van der Waals surface area contributed by atoms with Crippen LogP contribution in [-0.2, 0) is 0 Å². The average molecular weight is 399 g/mol. The molecule has 8 nitrogen and oxygen atoms in total. The lowest BCUT2D eigenvalue weighted by molar-refractivity contribution is 0.0639. The number of urea groups is 1. The van der Waals surface area contributed by atoms with Crippen LogP contribution in [0.15, 0.2) is 34.9 Å². The van der Waals surface area contributed by atoms with Crippen molar-refractivity contribution in [2.75, 3.05) is 26.2 Å². The van der Waals surface area contributed by atoms with Crippen LogP contribution in [0.5, 0.6) is 0 Å². The molecule has 0 spiro atoms. The number of rotatable bonds is 5. The lowest BCUT2D eigenvalue weighted by Gasteiger charge is -2.29. The molecule has 0 radical (unpaired) electrons. The van der Waals surface area contributed by atoms with Crippen molar-refractivity contribution in [3.63, 3.8) is 0 Å². The van der Waals surface area contributed by atoms with E-state index in [1.54, 1.807) is 28.9 Å². The Morgan fingerprint density at radius 1 is 1.24 bits per heavy atom. The van der Waals surface area contributed by atoms with Gasteiger partial charge in [-0.2, -0.15) is 4.98 Å². The van der Waals surface area contributed by atoms with Gasteiger partial charge in [0.15, 0.2) is 5.82 Å². The van der Waals surface area contributed by atoms with Gasteiger partial charge in [0, 0.05) is 25.2 Å². The highest BCUT2D eigenvalue weighted by Crippen LogP contribution is 2.26. The van der Waals surface area contributed by atoms with Gasteiger partial charge in [-0.15, -0.1) is 0 Å². The number of nitrogens with one attached hydrogen (secondary N) is 1. The first-order chi connectivity index (χ1) is 14.0. The topological polar surface area (TPSA) is 91.6 Å². The van der Waals surface area contributed by atoms with Crippen LogP contribution in [0.4, 0.5) is 4.79 Å². The highest BCUT2D eigenvalue weighted by Gasteiger charge is 2.35. The summed E-state index contributed by atoms with van der Waals surface area (Å²) in [6, 6.07) is 8.53. The van der Waals surface area contributed by atoms with Crippen molar-refractivity contribution in [2.45, 2.75) is 39.7 Å². The largest absolute Gasteiger partial charge is 0.338 e. The Morgan fingerprint density at radius 2 is 2.00 bits per heavy atom. The van der Waals surface area contributed by atoms with Gasteiger partial charge in [-0.3, -0.25) is 4.79 Å². The highest BCUT2D eigenvalue weighted by atomic mass is 16.5. The van der Waals surface area contributed by atoms with Gasteiger partial charge in [0.2, 0.25) is 0 Å². The third-order valence-corrected chi connectivity index (χ3v) is 4.99. The van der Waals surface area contributed by atoms with Gasteiger partial charge in [-0.1, -0.05) is 37.2 Å². The summed E-state index contributed by atoms with van der Waals surface area (Å²) in [6.45, 7) is 8.00. The summed E-state index contributed by atoms with van der Waals surface area (Å²) >= 11 is 0. The minimum atomic E-state index is -0.484. The molecule has 1 fully saturated rings. The Kier molecular flexibility index (Phi) is 6.85. The van der Waals surface area contributed by atoms with Crippen molar-refractivity contribution in [1.82, 2.24) is 25.3 Å². The van der Waals surface area contributed by atoms with E-state index in [-0.39, 0.29) is 11.9 Å². The predicted octanol–water partition coefficient (Wildman–Crippen LogP) is 3.02. The monoisotopic (exact) mass is 399 g/mol. The second kappa shape index (κ2) is 9.54. The summed E-state index contributed by atoms with van der Waals surface area (Å²) in [5, 5.41) is 6.87. The maximum Gasteiger partial charge on any atom is 0.317 e. The number of carbonyl (C=O) groups excluding carboxylic acids is 2. The first-order valence-electron chi connectivity index (χ1n) is 10.1. The highest BCUT2D eigenvalue weighted by molar-refractivity contribution is 5.94. The van der Waals surface area contributed by atoms with Gasteiger partial charge >= 0.3 is 6.03 Å². The lowest BCUT2D eigenvalue weighted by Crippen LogP contribution is -2.44. The minimum Gasteiger partial charge on any atom is -0.338 e. The number of benzene rings is 1. The summed E-state index contributed by atoms with van der Waals surface area (Å²) in [7, 11) is 0. The Morgan fingerprint density at radius 3 is 2.66 bits per heavy atom. The fourth-order valence-corrected chi connectivity index (χ4v) is 3.40. The normalized spacial score (nSPS) is 17.3. The van der Waals surface area contributed by atoms with Gasteiger partial charge in [0.25, 0.3) is 11.8 Å². The van der Waals surface area contributed by atoms with E-state index in [2.05, 4.69) is 29.3 Å². The van der Waals surface area contributed by atoms with E-state index in [0.717, 1.165) is 6.42 Å². The Balaban J connectivity index is 1.80. The third-order valence-electron chi connectivity index (χ3n) is 4.99. The average Bonchev–Trinajstić information content (AvgIpc) is 3.01. The third kappa shape index (κ3) is 5.34. The Hall–Kier alpha value is -2.90. The van der Waals surface area contributed by atoms with E-state index in [1.807, 2.05) is 18.2 Å². The fraction of sp³-hybridized carbons (Fsp3) is 0.524. The number of amides is 3. The molecule has 8 heteroatoms. The van der Waals surface area contributed by atoms with Crippen molar-refractivity contribution >= 4 is 11.9 Å². The van der Waals surface area contributed by atoms with Crippen LogP contribution in [0.25, 0.3) is 0 Å². The van der Waals surface area contributed by atoms with E-state index in [1.165, 1.54) is 0 Å². The molecule has 1 aliphatic rings. The maximum absolute atomic E-state index is 13.2. The molecule has 29 heavy (non-hydrogen) atoms. The fourth-order valence-electron chi connectivity index (χ4n) is 3.40. The molecule has 1 unspecified atom stereocenters. The molecule has 0 aliphatic carbocycles. The van der Waals surface area contributed by atoms with E-state index in [4.69, 9.17) is 4.52 Å². The van der Waals surface area contributed by atoms with Gasteiger partial charge in [0.1, 0.15) is 6.04 Å². The first-order valence-corrected chi connectivity index (χ1v) is 10.1. The Bertz CT molecular complexity index is 821. The molecule has 1 aromatic heterocycles. The molecule has 3 rings (SSSR count). The summed E-state index contributed by atoms with van der Waals surface area (Å²) in [5.74, 6) is 1.28. The summed E-state index contributed by atoms with van der Waals surface area (Å²) in [6.07, 6.45) is 1.60. The van der Waals surface area contributed by atoms with Crippen LogP contribution in [-0.4, -0.2) is 58.1 Å². The van der Waals surface area contributed by atoms with Crippen molar-refractivity contribution in [3.8, 4) is 0 Å². The van der Waals surface area contributed by atoms with Crippen molar-refractivity contribution in [3.05, 3.63) is 47.6 Å². The van der Waals surface area contributed by atoms with Gasteiger partial charge < -0.3 is 19.6 Å². The molecule has 1 aliphatic heterocycles. The molecule has 3 amide bonds. The second-order valence-electron chi connectivity index (χ2n) is 7.77. The van der Waals surface area contributed by atoms with E-state index in [9.17, 15) is 9.59 Å². The molecule has 2 aromatic rings. The molecule has 1 saturated heterocycles. The SMILES string of the molecule is Cc1noc(C2CN(C(=O)NCCC(C)C)CCCN2C(=O)c2ccccc2)n1. The number of aromatic nitrogens is 2. The van der Waals surface area contributed by atoms with Crippen LogP contribution >= 0.6 is 0 Å². The van der Waals surface area contributed by atoms with Crippen LogP contribution in [0.1, 0.15) is 54.8 Å². The van der Waals surface area contributed by atoms with Crippen LogP contribution in [0, 0.1) is 12.8 Å². The molecule has 0 saturated carbocycles. The zero-order valence-corrected chi connectivity index (χ0v) is 17.3. The molecular formula is C21H29N5O3. The van der Waals surface area contributed by atoms with Crippen molar-refractivity contribution in [2.24, 2.45) is 5.92 Å². The quantitative estimate of drug-likeness (QED) is 0.834. The first kappa shape index (κ1) is 20.8. The van der Waals surface area contributed by atoms with Crippen LogP contribution < -0.4 is 5.32 Å². The Labute approximate surface area is 171 Å². The summed E-state index contributed by atoms with van der Waals surface area (Å²) in [5.41, 5.74) is 0.601. The molecular weight excluding hydrogens is 370 g/mol. The molecule has 1 atom stereocenters. The van der Waals surface area contributed by atoms with Crippen LogP contribution in [0.2, 0.25) is 0 Å². The lowest BCUT2D eigenvalue weighted by atomic mass is 10.1. The van der Waals surface area contributed by atoms with E-state index >= 15 is 0 Å². The molecule has 156 valence electrons. The summed E-state index contributed by atoms with van der Waals surface area (Å²) in [4.78, 5) is 33.7. The molecule has 2 heterocycles. The molecule has 1 N–H and O–H groups in total. The van der Waals surface area contributed by atoms with Gasteiger partial charge in [-0.25, -0.2) is 4.79 Å². The number of carbonyl (C=O) groups is 2. The number of aryl methyl sites for hydroxylation is 1. The second-order valence-corrected chi connectivity index (χ2v) is 7.77.